The first kappa shape index (κ1) is 13.2. The highest BCUT2D eigenvalue weighted by Crippen LogP contribution is 2.02. The highest BCUT2D eigenvalue weighted by Gasteiger charge is 1.90. The number of allylic oxidation sites excluding steroid dienone is 3. The molecule has 0 bridgehead atoms. The van der Waals surface area contributed by atoms with Gasteiger partial charge in [0.05, 0.1) is 0 Å². The van der Waals surface area contributed by atoms with E-state index in [-0.39, 0.29) is 0 Å². The maximum absolute atomic E-state index is 5.46. The number of nitrogens with zero attached hydrogens (tertiary/aromatic N) is 1. The molecule has 17 heavy (non-hydrogen) atoms. The van der Waals surface area contributed by atoms with Crippen molar-refractivity contribution in [3.05, 3.63) is 59.8 Å². The van der Waals surface area contributed by atoms with E-state index in [1.807, 2.05) is 31.4 Å². The summed E-state index contributed by atoms with van der Waals surface area (Å²) < 4.78 is 0. The zero-order valence-electron chi connectivity index (χ0n) is 10.3. The van der Waals surface area contributed by atoms with E-state index in [1.165, 1.54) is 5.56 Å². The summed E-state index contributed by atoms with van der Waals surface area (Å²) >= 11 is 0. The van der Waals surface area contributed by atoms with Crippen molar-refractivity contribution < 1.29 is 0 Å². The van der Waals surface area contributed by atoms with Crippen LogP contribution in [0.3, 0.4) is 0 Å². The van der Waals surface area contributed by atoms with Gasteiger partial charge in [0.1, 0.15) is 0 Å². The molecule has 0 atom stereocenters. The second-order valence-corrected chi connectivity index (χ2v) is 3.79. The Labute approximate surface area is 104 Å². The van der Waals surface area contributed by atoms with Gasteiger partial charge in [0.15, 0.2) is 0 Å². The van der Waals surface area contributed by atoms with Crippen LogP contribution in [-0.2, 0) is 6.42 Å². The maximum atomic E-state index is 5.46. The van der Waals surface area contributed by atoms with Crippen molar-refractivity contribution >= 4 is 6.21 Å². The van der Waals surface area contributed by atoms with Crippen LogP contribution in [0.15, 0.2) is 59.2 Å². The largest absolute Gasteiger partial charge is 0.404 e. The number of hydrogen-bond donors (Lipinski definition) is 1. The summed E-state index contributed by atoms with van der Waals surface area (Å²) in [6.45, 7) is 2.80. The van der Waals surface area contributed by atoms with Crippen LogP contribution in [0, 0.1) is 0 Å². The quantitative estimate of drug-likeness (QED) is 0.453. The van der Waals surface area contributed by atoms with Crippen LogP contribution in [0.5, 0.6) is 0 Å². The Balaban J connectivity index is 2.26. The molecular formula is C15H20N2. The van der Waals surface area contributed by atoms with Gasteiger partial charge in [-0.15, -0.1) is 0 Å². The minimum Gasteiger partial charge on any atom is -0.404 e. The molecule has 0 heterocycles. The van der Waals surface area contributed by atoms with Crippen molar-refractivity contribution in [2.45, 2.75) is 19.8 Å². The first-order valence-electron chi connectivity index (χ1n) is 5.95. The van der Waals surface area contributed by atoms with Crippen LogP contribution in [0.2, 0.25) is 0 Å². The molecule has 1 aromatic carbocycles. The molecule has 0 saturated carbocycles. The molecule has 0 aliphatic rings. The van der Waals surface area contributed by atoms with Crippen LogP contribution < -0.4 is 5.73 Å². The standard InChI is InChI=1S/C15H20N2/c1-2-7-15(12-16)13-17-11-6-10-14-8-4-3-5-9-14/h2-5,7-9,12-13H,6,10-11,16H2,1H3/b7-2+,15-12?,17-13?. The van der Waals surface area contributed by atoms with Gasteiger partial charge in [0.25, 0.3) is 0 Å². The van der Waals surface area contributed by atoms with Gasteiger partial charge < -0.3 is 5.73 Å². The second kappa shape index (κ2) is 8.34. The van der Waals surface area contributed by atoms with E-state index in [1.54, 1.807) is 6.20 Å². The van der Waals surface area contributed by atoms with Crippen molar-refractivity contribution in [1.29, 1.82) is 0 Å². The van der Waals surface area contributed by atoms with Crippen LogP contribution in [0.25, 0.3) is 0 Å². The summed E-state index contributed by atoms with van der Waals surface area (Å²) in [6, 6.07) is 10.5. The fraction of sp³-hybridized carbons (Fsp3) is 0.267. The number of hydrogen-bond acceptors (Lipinski definition) is 2. The van der Waals surface area contributed by atoms with E-state index in [2.05, 4.69) is 29.3 Å². The first-order valence-corrected chi connectivity index (χ1v) is 5.95. The van der Waals surface area contributed by atoms with E-state index in [0.29, 0.717) is 0 Å². The SMILES string of the molecule is C/C=C/C(C=NCCCc1ccccc1)=CN. The Morgan fingerprint density at radius 3 is 2.71 bits per heavy atom. The van der Waals surface area contributed by atoms with Crippen molar-refractivity contribution in [3.63, 3.8) is 0 Å². The summed E-state index contributed by atoms with van der Waals surface area (Å²) in [4.78, 5) is 4.35. The zero-order valence-corrected chi connectivity index (χ0v) is 10.3. The van der Waals surface area contributed by atoms with Gasteiger partial charge >= 0.3 is 0 Å². The highest BCUT2D eigenvalue weighted by molar-refractivity contribution is 5.81. The minimum absolute atomic E-state index is 0.837. The van der Waals surface area contributed by atoms with Crippen molar-refractivity contribution in [2.24, 2.45) is 10.7 Å². The van der Waals surface area contributed by atoms with Crippen molar-refractivity contribution in [3.8, 4) is 0 Å². The van der Waals surface area contributed by atoms with Gasteiger partial charge in [0.2, 0.25) is 0 Å². The number of rotatable bonds is 6. The lowest BCUT2D eigenvalue weighted by atomic mass is 10.1. The van der Waals surface area contributed by atoms with Crippen molar-refractivity contribution in [2.75, 3.05) is 6.54 Å². The molecule has 1 aromatic rings. The monoisotopic (exact) mass is 228 g/mol. The number of nitrogens with two attached hydrogens (primary N) is 1. The van der Waals surface area contributed by atoms with Gasteiger partial charge in [0, 0.05) is 24.5 Å². The molecule has 90 valence electrons. The predicted molar refractivity (Wildman–Crippen MR) is 75.2 cm³/mol. The lowest BCUT2D eigenvalue weighted by Crippen LogP contribution is -1.91. The first-order chi connectivity index (χ1) is 8.36. The molecule has 0 fully saturated rings. The van der Waals surface area contributed by atoms with E-state index in [4.69, 9.17) is 5.73 Å². The Morgan fingerprint density at radius 1 is 1.29 bits per heavy atom. The van der Waals surface area contributed by atoms with E-state index < -0.39 is 0 Å². The molecule has 0 aliphatic heterocycles. The van der Waals surface area contributed by atoms with E-state index in [9.17, 15) is 0 Å². The molecule has 2 nitrogen and oxygen atoms in total. The zero-order chi connectivity index (χ0) is 12.3. The lowest BCUT2D eigenvalue weighted by Gasteiger charge is -1.98. The molecule has 0 amide bonds. The number of aryl methyl sites for hydroxylation is 1. The molecule has 0 radical (unpaired) electrons. The lowest BCUT2D eigenvalue weighted by molar-refractivity contribution is 0.836. The third-order valence-electron chi connectivity index (χ3n) is 2.39. The third kappa shape index (κ3) is 5.71. The van der Waals surface area contributed by atoms with Gasteiger partial charge in [-0.25, -0.2) is 0 Å². The number of aliphatic imine (C=N–C) groups is 1. The fourth-order valence-corrected chi connectivity index (χ4v) is 1.52. The molecule has 0 spiro atoms. The van der Waals surface area contributed by atoms with Crippen LogP contribution in [-0.4, -0.2) is 12.8 Å². The topological polar surface area (TPSA) is 38.4 Å². The summed E-state index contributed by atoms with van der Waals surface area (Å²) in [5.41, 5.74) is 7.78. The van der Waals surface area contributed by atoms with E-state index in [0.717, 1.165) is 25.0 Å². The molecule has 0 unspecified atom stereocenters. The average molecular weight is 228 g/mol. The smallest absolute Gasteiger partial charge is 0.0392 e. The summed E-state index contributed by atoms with van der Waals surface area (Å²) in [5.74, 6) is 0. The molecule has 0 saturated heterocycles. The summed E-state index contributed by atoms with van der Waals surface area (Å²) in [5, 5.41) is 0. The molecule has 0 aliphatic carbocycles. The molecule has 1 rings (SSSR count). The average Bonchev–Trinajstić information content (AvgIpc) is 2.38. The van der Waals surface area contributed by atoms with Gasteiger partial charge in [-0.1, -0.05) is 42.5 Å². The molecular weight excluding hydrogens is 208 g/mol. The van der Waals surface area contributed by atoms with Crippen LogP contribution in [0.4, 0.5) is 0 Å². The van der Waals surface area contributed by atoms with Crippen LogP contribution in [0.1, 0.15) is 18.9 Å². The fourth-order valence-electron chi connectivity index (χ4n) is 1.52. The van der Waals surface area contributed by atoms with Gasteiger partial charge in [-0.05, 0) is 25.3 Å². The molecule has 2 N–H and O–H groups in total. The Bertz CT molecular complexity index is 389. The normalized spacial score (nSPS) is 12.6. The second-order valence-electron chi connectivity index (χ2n) is 3.79. The van der Waals surface area contributed by atoms with E-state index >= 15 is 0 Å². The third-order valence-corrected chi connectivity index (χ3v) is 2.39. The van der Waals surface area contributed by atoms with Crippen molar-refractivity contribution in [1.82, 2.24) is 0 Å². The molecule has 0 aromatic heterocycles. The predicted octanol–water partition coefficient (Wildman–Crippen LogP) is 3.11. The molecule has 2 heteroatoms. The van der Waals surface area contributed by atoms with Gasteiger partial charge in [-0.3, -0.25) is 4.99 Å². The maximum Gasteiger partial charge on any atom is 0.0392 e. The Kier molecular flexibility index (Phi) is 6.49. The Hall–Kier alpha value is -1.83. The highest BCUT2D eigenvalue weighted by atomic mass is 14.7. The number of benzene rings is 1. The van der Waals surface area contributed by atoms with Gasteiger partial charge in [-0.2, -0.15) is 0 Å². The van der Waals surface area contributed by atoms with Crippen LogP contribution >= 0.6 is 0 Å². The summed E-state index contributed by atoms with van der Waals surface area (Å²) in [7, 11) is 0. The Morgan fingerprint density at radius 2 is 2.06 bits per heavy atom. The summed E-state index contributed by atoms with van der Waals surface area (Å²) in [6.07, 6.45) is 9.43. The minimum atomic E-state index is 0.837.